The Bertz CT molecular complexity index is 509. The molecule has 0 unspecified atom stereocenters. The number of aromatic hydroxyl groups is 1. The number of rotatable bonds is 2. The van der Waals surface area contributed by atoms with Gasteiger partial charge in [-0.25, -0.2) is 0 Å². The average molecular weight is 300 g/mol. The van der Waals surface area contributed by atoms with Gasteiger partial charge in [0, 0.05) is 16.1 Å². The van der Waals surface area contributed by atoms with Gasteiger partial charge < -0.3 is 10.4 Å². The van der Waals surface area contributed by atoms with E-state index in [9.17, 15) is 5.11 Å². The SMILES string of the molecule is Cc1cc(Cl)cc(/C=N/NC(=S)NC(C)(C)C)c1O. The topological polar surface area (TPSA) is 56.7 Å². The van der Waals surface area contributed by atoms with Crippen LogP contribution in [0.15, 0.2) is 17.2 Å². The molecule has 0 atom stereocenters. The summed E-state index contributed by atoms with van der Waals surface area (Å²) in [5.74, 6) is 0.157. The van der Waals surface area contributed by atoms with Crippen LogP contribution in [0.1, 0.15) is 31.9 Å². The molecule has 1 aromatic rings. The molecule has 0 amide bonds. The van der Waals surface area contributed by atoms with Gasteiger partial charge in [0.2, 0.25) is 0 Å². The van der Waals surface area contributed by atoms with E-state index in [0.29, 0.717) is 21.3 Å². The molecule has 0 heterocycles. The summed E-state index contributed by atoms with van der Waals surface area (Å²) in [6, 6.07) is 3.32. The number of benzene rings is 1. The molecule has 1 rings (SSSR count). The first-order valence-electron chi connectivity index (χ1n) is 5.79. The van der Waals surface area contributed by atoms with Crippen molar-refractivity contribution in [2.75, 3.05) is 0 Å². The lowest BCUT2D eigenvalue weighted by Crippen LogP contribution is -2.44. The van der Waals surface area contributed by atoms with Crippen LogP contribution in [0.25, 0.3) is 0 Å². The maximum Gasteiger partial charge on any atom is 0.187 e. The van der Waals surface area contributed by atoms with Crippen molar-refractivity contribution >= 4 is 35.1 Å². The predicted octanol–water partition coefficient (Wildman–Crippen LogP) is 2.95. The third kappa shape index (κ3) is 5.44. The highest BCUT2D eigenvalue weighted by Gasteiger charge is 2.10. The molecule has 6 heteroatoms. The molecule has 0 aliphatic carbocycles. The lowest BCUT2D eigenvalue weighted by atomic mass is 10.1. The number of nitrogens with one attached hydrogen (secondary N) is 2. The Balaban J connectivity index is 2.71. The second-order valence-electron chi connectivity index (χ2n) is 5.23. The number of phenolic OH excluding ortho intramolecular Hbond substituents is 1. The van der Waals surface area contributed by atoms with Crippen LogP contribution in [0.2, 0.25) is 5.02 Å². The zero-order valence-corrected chi connectivity index (χ0v) is 13.0. The maximum atomic E-state index is 9.85. The van der Waals surface area contributed by atoms with Gasteiger partial charge in [0.25, 0.3) is 0 Å². The van der Waals surface area contributed by atoms with Crippen molar-refractivity contribution in [1.82, 2.24) is 10.7 Å². The van der Waals surface area contributed by atoms with Crippen molar-refractivity contribution in [3.05, 3.63) is 28.3 Å². The standard InChI is InChI=1S/C13H18ClN3OS/c1-8-5-10(14)6-9(11(8)18)7-15-17-12(19)16-13(2,3)4/h5-7,18H,1-4H3,(H2,16,17,19)/b15-7+. The molecular weight excluding hydrogens is 282 g/mol. The van der Waals surface area contributed by atoms with Gasteiger partial charge in [0.05, 0.1) is 6.21 Å². The first kappa shape index (κ1) is 15.7. The minimum absolute atomic E-state index is 0.131. The van der Waals surface area contributed by atoms with Gasteiger partial charge >= 0.3 is 0 Å². The summed E-state index contributed by atoms with van der Waals surface area (Å²) in [6.07, 6.45) is 1.48. The van der Waals surface area contributed by atoms with E-state index < -0.39 is 0 Å². The van der Waals surface area contributed by atoms with E-state index in [4.69, 9.17) is 23.8 Å². The quantitative estimate of drug-likeness (QED) is 0.446. The summed E-state index contributed by atoms with van der Waals surface area (Å²) in [6.45, 7) is 7.77. The van der Waals surface area contributed by atoms with Crippen LogP contribution in [0, 0.1) is 6.92 Å². The predicted molar refractivity (Wildman–Crippen MR) is 84.1 cm³/mol. The summed E-state index contributed by atoms with van der Waals surface area (Å²) < 4.78 is 0. The molecule has 3 N–H and O–H groups in total. The first-order valence-corrected chi connectivity index (χ1v) is 6.58. The molecule has 0 saturated heterocycles. The molecule has 4 nitrogen and oxygen atoms in total. The largest absolute Gasteiger partial charge is 0.507 e. The van der Waals surface area contributed by atoms with Gasteiger partial charge in [-0.1, -0.05) is 11.6 Å². The summed E-state index contributed by atoms with van der Waals surface area (Å²) >= 11 is 11.0. The smallest absolute Gasteiger partial charge is 0.187 e. The van der Waals surface area contributed by atoms with Crippen molar-refractivity contribution in [1.29, 1.82) is 0 Å². The van der Waals surface area contributed by atoms with Crippen molar-refractivity contribution in [2.45, 2.75) is 33.2 Å². The van der Waals surface area contributed by atoms with Crippen LogP contribution in [-0.4, -0.2) is 22.0 Å². The molecule has 19 heavy (non-hydrogen) atoms. The second kappa shape index (κ2) is 6.21. The van der Waals surface area contributed by atoms with Crippen LogP contribution in [0.3, 0.4) is 0 Å². The van der Waals surface area contributed by atoms with Crippen molar-refractivity contribution < 1.29 is 5.11 Å². The Kier molecular flexibility index (Phi) is 5.14. The summed E-state index contributed by atoms with van der Waals surface area (Å²) in [4.78, 5) is 0. The van der Waals surface area contributed by atoms with Crippen LogP contribution < -0.4 is 10.7 Å². The van der Waals surface area contributed by atoms with Gasteiger partial charge in [0.15, 0.2) is 5.11 Å². The average Bonchev–Trinajstić information content (AvgIpc) is 2.22. The highest BCUT2D eigenvalue weighted by molar-refractivity contribution is 7.80. The zero-order chi connectivity index (χ0) is 14.6. The van der Waals surface area contributed by atoms with Crippen LogP contribution in [0.5, 0.6) is 5.75 Å². The third-order valence-corrected chi connectivity index (χ3v) is 2.56. The fourth-order valence-electron chi connectivity index (χ4n) is 1.39. The lowest BCUT2D eigenvalue weighted by Gasteiger charge is -2.21. The Morgan fingerprint density at radius 3 is 2.63 bits per heavy atom. The fraction of sp³-hybridized carbons (Fsp3) is 0.385. The Morgan fingerprint density at radius 2 is 2.05 bits per heavy atom. The van der Waals surface area contributed by atoms with Crippen molar-refractivity contribution in [3.63, 3.8) is 0 Å². The monoisotopic (exact) mass is 299 g/mol. The van der Waals surface area contributed by atoms with E-state index in [1.54, 1.807) is 19.1 Å². The fourth-order valence-corrected chi connectivity index (χ4v) is 2.03. The van der Waals surface area contributed by atoms with Gasteiger partial charge in [-0.3, -0.25) is 5.43 Å². The van der Waals surface area contributed by atoms with E-state index in [1.165, 1.54) is 6.21 Å². The number of thiocarbonyl (C=S) groups is 1. The molecule has 104 valence electrons. The van der Waals surface area contributed by atoms with Crippen LogP contribution in [0.4, 0.5) is 0 Å². The van der Waals surface area contributed by atoms with E-state index in [2.05, 4.69) is 15.8 Å². The van der Waals surface area contributed by atoms with Crippen LogP contribution >= 0.6 is 23.8 Å². The molecule has 0 aromatic heterocycles. The molecule has 0 aliphatic heterocycles. The molecule has 0 bridgehead atoms. The lowest BCUT2D eigenvalue weighted by molar-refractivity contribution is 0.470. The number of nitrogens with zero attached hydrogens (tertiary/aromatic N) is 1. The Hall–Kier alpha value is -1.33. The molecule has 0 spiro atoms. The van der Waals surface area contributed by atoms with E-state index in [1.807, 2.05) is 20.8 Å². The molecule has 1 aromatic carbocycles. The van der Waals surface area contributed by atoms with E-state index >= 15 is 0 Å². The van der Waals surface area contributed by atoms with Crippen molar-refractivity contribution in [2.24, 2.45) is 5.10 Å². The molecular formula is C13H18ClN3OS. The van der Waals surface area contributed by atoms with Gasteiger partial charge in [-0.2, -0.15) is 5.10 Å². The Morgan fingerprint density at radius 1 is 1.42 bits per heavy atom. The summed E-state index contributed by atoms with van der Waals surface area (Å²) in [7, 11) is 0. The van der Waals surface area contributed by atoms with Crippen molar-refractivity contribution in [3.8, 4) is 5.75 Å². The van der Waals surface area contributed by atoms with Crippen LogP contribution in [-0.2, 0) is 0 Å². The molecule has 0 radical (unpaired) electrons. The number of hydrazone groups is 1. The minimum atomic E-state index is -0.131. The number of hydrogen-bond donors (Lipinski definition) is 3. The highest BCUT2D eigenvalue weighted by Crippen LogP contribution is 2.24. The zero-order valence-electron chi connectivity index (χ0n) is 11.4. The number of halogens is 1. The second-order valence-corrected chi connectivity index (χ2v) is 6.08. The highest BCUT2D eigenvalue weighted by atomic mass is 35.5. The molecule has 0 aliphatic rings. The number of hydrogen-bond acceptors (Lipinski definition) is 3. The number of aryl methyl sites for hydroxylation is 1. The summed E-state index contributed by atoms with van der Waals surface area (Å²) in [5.41, 5.74) is 3.80. The normalized spacial score (nSPS) is 11.6. The van der Waals surface area contributed by atoms with Gasteiger partial charge in [0.1, 0.15) is 5.75 Å². The number of phenols is 1. The van der Waals surface area contributed by atoms with Gasteiger partial charge in [-0.15, -0.1) is 0 Å². The van der Waals surface area contributed by atoms with E-state index in [0.717, 1.165) is 0 Å². The Labute approximate surface area is 123 Å². The summed E-state index contributed by atoms with van der Waals surface area (Å²) in [5, 5.41) is 17.8. The molecule has 0 fully saturated rings. The maximum absolute atomic E-state index is 9.85. The molecule has 0 saturated carbocycles. The minimum Gasteiger partial charge on any atom is -0.507 e. The van der Waals surface area contributed by atoms with E-state index in [-0.39, 0.29) is 11.3 Å². The third-order valence-electron chi connectivity index (χ3n) is 2.15. The van der Waals surface area contributed by atoms with Gasteiger partial charge in [-0.05, 0) is 57.6 Å². The first-order chi connectivity index (χ1) is 8.69.